The van der Waals surface area contributed by atoms with Crippen LogP contribution < -0.4 is 10.5 Å². The number of carbonyl (C=O) groups excluding carboxylic acids is 1. The number of rotatable bonds is 1. The fraction of sp³-hybridized carbons (Fsp3) is 0.143. The van der Waals surface area contributed by atoms with Gasteiger partial charge in [0.05, 0.1) is 17.7 Å². The summed E-state index contributed by atoms with van der Waals surface area (Å²) in [5, 5.41) is 0. The summed E-state index contributed by atoms with van der Waals surface area (Å²) in [6.45, 7) is 0. The number of aromatic nitrogens is 1. The number of Topliss-reactive ketones (excluding diaryl/α,β-unsaturated/α-hetero) is 1. The molecule has 1 aliphatic rings. The van der Waals surface area contributed by atoms with Crippen LogP contribution in [-0.2, 0) is 0 Å². The number of hydrogen-bond acceptors (Lipinski definition) is 4. The van der Waals surface area contributed by atoms with Gasteiger partial charge in [-0.2, -0.15) is 0 Å². The van der Waals surface area contributed by atoms with E-state index in [1.807, 2.05) is 18.2 Å². The summed E-state index contributed by atoms with van der Waals surface area (Å²) in [5.41, 5.74) is 7.57. The Morgan fingerprint density at radius 1 is 1.28 bits per heavy atom. The molecule has 0 aliphatic carbocycles. The van der Waals surface area contributed by atoms with Gasteiger partial charge in [0, 0.05) is 11.9 Å². The number of nitrogens with two attached hydrogens (primary N) is 1. The molecule has 0 saturated heterocycles. The summed E-state index contributed by atoms with van der Waals surface area (Å²) < 4.78 is 5.80. The summed E-state index contributed by atoms with van der Waals surface area (Å²) in [5.74, 6) is 0.621. The molecule has 0 radical (unpaired) electrons. The standard InChI is InChI=1S/C14H12N2O2/c15-9-4-5-13-10(7-9)12(17)8-14(18-13)11-3-1-2-6-16-11/h1-7,14H,8,15H2. The van der Waals surface area contributed by atoms with E-state index in [0.717, 1.165) is 5.69 Å². The second-order valence-electron chi connectivity index (χ2n) is 4.24. The largest absolute Gasteiger partial charge is 0.483 e. The molecule has 1 aliphatic heterocycles. The Balaban J connectivity index is 1.97. The first-order chi connectivity index (χ1) is 8.74. The lowest BCUT2D eigenvalue weighted by Crippen LogP contribution is -2.21. The van der Waals surface area contributed by atoms with Crippen LogP contribution in [0.1, 0.15) is 28.6 Å². The van der Waals surface area contributed by atoms with Crippen molar-refractivity contribution in [3.05, 3.63) is 53.9 Å². The minimum absolute atomic E-state index is 0.0409. The molecule has 0 bridgehead atoms. The molecule has 2 aromatic rings. The number of ketones is 1. The van der Waals surface area contributed by atoms with Crippen molar-refractivity contribution in [3.8, 4) is 5.75 Å². The highest BCUT2D eigenvalue weighted by Gasteiger charge is 2.28. The summed E-state index contributed by atoms with van der Waals surface area (Å²) in [6.07, 6.45) is 1.68. The SMILES string of the molecule is Nc1ccc2c(c1)C(=O)CC(c1ccccn1)O2. The summed E-state index contributed by atoms with van der Waals surface area (Å²) in [7, 11) is 0. The van der Waals surface area contributed by atoms with Crippen LogP contribution in [0.5, 0.6) is 5.75 Å². The van der Waals surface area contributed by atoms with Crippen LogP contribution in [-0.4, -0.2) is 10.8 Å². The van der Waals surface area contributed by atoms with Crippen LogP contribution in [0.3, 0.4) is 0 Å². The van der Waals surface area contributed by atoms with Crippen molar-refractivity contribution in [2.24, 2.45) is 0 Å². The molecule has 0 fully saturated rings. The van der Waals surface area contributed by atoms with Gasteiger partial charge in [-0.1, -0.05) is 6.07 Å². The van der Waals surface area contributed by atoms with Gasteiger partial charge >= 0.3 is 0 Å². The molecule has 1 aromatic heterocycles. The van der Waals surface area contributed by atoms with E-state index in [0.29, 0.717) is 23.4 Å². The fourth-order valence-corrected chi connectivity index (χ4v) is 2.07. The Bertz CT molecular complexity index is 596. The van der Waals surface area contributed by atoms with E-state index in [1.165, 1.54) is 0 Å². The van der Waals surface area contributed by atoms with E-state index < -0.39 is 0 Å². The third-order valence-electron chi connectivity index (χ3n) is 2.96. The van der Waals surface area contributed by atoms with E-state index in [4.69, 9.17) is 10.5 Å². The lowest BCUT2D eigenvalue weighted by Gasteiger charge is -2.24. The maximum Gasteiger partial charge on any atom is 0.170 e. The second kappa shape index (κ2) is 4.14. The molecule has 1 unspecified atom stereocenters. The first-order valence-corrected chi connectivity index (χ1v) is 5.74. The monoisotopic (exact) mass is 240 g/mol. The number of benzene rings is 1. The molecule has 4 nitrogen and oxygen atoms in total. The third kappa shape index (κ3) is 1.82. The molecule has 0 amide bonds. The van der Waals surface area contributed by atoms with E-state index in [-0.39, 0.29) is 11.9 Å². The maximum atomic E-state index is 12.1. The van der Waals surface area contributed by atoms with E-state index >= 15 is 0 Å². The Hall–Kier alpha value is -2.36. The zero-order valence-corrected chi connectivity index (χ0v) is 9.67. The lowest BCUT2D eigenvalue weighted by atomic mass is 9.98. The van der Waals surface area contributed by atoms with Crippen molar-refractivity contribution in [1.82, 2.24) is 4.98 Å². The third-order valence-corrected chi connectivity index (χ3v) is 2.96. The number of anilines is 1. The van der Waals surface area contributed by atoms with E-state index in [1.54, 1.807) is 24.4 Å². The molecule has 1 atom stereocenters. The van der Waals surface area contributed by atoms with Crippen LogP contribution >= 0.6 is 0 Å². The normalized spacial score (nSPS) is 18.0. The van der Waals surface area contributed by atoms with Gasteiger partial charge in [0.2, 0.25) is 0 Å². The summed E-state index contributed by atoms with van der Waals surface area (Å²) in [6, 6.07) is 10.7. The topological polar surface area (TPSA) is 65.2 Å². The highest BCUT2D eigenvalue weighted by atomic mass is 16.5. The molecular weight excluding hydrogens is 228 g/mol. The van der Waals surface area contributed by atoms with Crippen molar-refractivity contribution in [1.29, 1.82) is 0 Å². The van der Waals surface area contributed by atoms with Gasteiger partial charge < -0.3 is 10.5 Å². The zero-order chi connectivity index (χ0) is 12.5. The van der Waals surface area contributed by atoms with Gasteiger partial charge in [-0.25, -0.2) is 0 Å². The van der Waals surface area contributed by atoms with Crippen molar-refractivity contribution >= 4 is 11.5 Å². The van der Waals surface area contributed by atoms with Crippen molar-refractivity contribution in [2.75, 3.05) is 5.73 Å². The van der Waals surface area contributed by atoms with Crippen molar-refractivity contribution in [3.63, 3.8) is 0 Å². The van der Waals surface area contributed by atoms with Gasteiger partial charge in [-0.05, 0) is 30.3 Å². The maximum absolute atomic E-state index is 12.1. The number of carbonyl (C=O) groups is 1. The number of hydrogen-bond donors (Lipinski definition) is 1. The number of nitrogen functional groups attached to an aromatic ring is 1. The van der Waals surface area contributed by atoms with Gasteiger partial charge in [-0.3, -0.25) is 9.78 Å². The molecule has 4 heteroatoms. The number of pyridine rings is 1. The Morgan fingerprint density at radius 2 is 2.17 bits per heavy atom. The average molecular weight is 240 g/mol. The molecule has 1 aromatic carbocycles. The molecule has 18 heavy (non-hydrogen) atoms. The smallest absolute Gasteiger partial charge is 0.170 e. The Morgan fingerprint density at radius 3 is 2.94 bits per heavy atom. The predicted molar refractivity (Wildman–Crippen MR) is 67.4 cm³/mol. The predicted octanol–water partition coefficient (Wildman–Crippen LogP) is 2.37. The molecule has 2 N–H and O–H groups in total. The Kier molecular flexibility index (Phi) is 2.48. The number of ether oxygens (including phenoxy) is 1. The first kappa shape index (κ1) is 10.8. The van der Waals surface area contributed by atoms with Gasteiger partial charge in [-0.15, -0.1) is 0 Å². The van der Waals surface area contributed by atoms with Crippen molar-refractivity contribution in [2.45, 2.75) is 12.5 Å². The van der Waals surface area contributed by atoms with Crippen molar-refractivity contribution < 1.29 is 9.53 Å². The fourth-order valence-electron chi connectivity index (χ4n) is 2.07. The van der Waals surface area contributed by atoms with Crippen LogP contribution in [0.2, 0.25) is 0 Å². The molecule has 2 heterocycles. The average Bonchev–Trinajstić information content (AvgIpc) is 2.40. The molecule has 3 rings (SSSR count). The van der Waals surface area contributed by atoms with Gasteiger partial charge in [0.25, 0.3) is 0 Å². The molecular formula is C14H12N2O2. The van der Waals surface area contributed by atoms with Crippen LogP contribution in [0.25, 0.3) is 0 Å². The van der Waals surface area contributed by atoms with E-state index in [2.05, 4.69) is 4.98 Å². The van der Waals surface area contributed by atoms with Crippen LogP contribution in [0, 0.1) is 0 Å². The highest BCUT2D eigenvalue weighted by Crippen LogP contribution is 2.34. The molecule has 90 valence electrons. The first-order valence-electron chi connectivity index (χ1n) is 5.74. The highest BCUT2D eigenvalue weighted by molar-refractivity contribution is 6.00. The van der Waals surface area contributed by atoms with Gasteiger partial charge in [0.15, 0.2) is 5.78 Å². The van der Waals surface area contributed by atoms with Crippen LogP contribution in [0.4, 0.5) is 5.69 Å². The quantitative estimate of drug-likeness (QED) is 0.777. The number of fused-ring (bicyclic) bond motifs is 1. The van der Waals surface area contributed by atoms with E-state index in [9.17, 15) is 4.79 Å². The lowest BCUT2D eigenvalue weighted by molar-refractivity contribution is 0.0845. The Labute approximate surface area is 104 Å². The van der Waals surface area contributed by atoms with Gasteiger partial charge in [0.1, 0.15) is 11.9 Å². The summed E-state index contributed by atoms with van der Waals surface area (Å²) >= 11 is 0. The van der Waals surface area contributed by atoms with Crippen LogP contribution in [0.15, 0.2) is 42.6 Å². The molecule has 0 spiro atoms. The minimum atomic E-state index is -0.310. The zero-order valence-electron chi connectivity index (χ0n) is 9.67. The minimum Gasteiger partial charge on any atom is -0.483 e. The second-order valence-corrected chi connectivity index (χ2v) is 4.24. The summed E-state index contributed by atoms with van der Waals surface area (Å²) in [4.78, 5) is 16.3. The number of nitrogens with zero attached hydrogens (tertiary/aromatic N) is 1. The molecule has 0 saturated carbocycles.